The second kappa shape index (κ2) is 8.43. The summed E-state index contributed by atoms with van der Waals surface area (Å²) in [6.07, 6.45) is -0.680. The van der Waals surface area contributed by atoms with Crippen LogP contribution in [-0.4, -0.2) is 25.7 Å². The van der Waals surface area contributed by atoms with E-state index in [4.69, 9.17) is 14.2 Å². The van der Waals surface area contributed by atoms with Crippen LogP contribution < -0.4 is 14.8 Å². The van der Waals surface area contributed by atoms with Gasteiger partial charge in [-0.25, -0.2) is 9.59 Å². The number of alkyl carbamates (subject to hydrolysis) is 1. The first-order valence-corrected chi connectivity index (χ1v) is 6.96. The Hall–Kier alpha value is -3.02. The number of ether oxygens (including phenoxy) is 3. The predicted molar refractivity (Wildman–Crippen MR) is 83.3 cm³/mol. The number of esters is 1. The number of carbonyl (C=O) groups is 2. The monoisotopic (exact) mass is 315 g/mol. The SMILES string of the molecule is COc1ccc(OC(=O)CNC(=O)OCc2ccccc2)cc1. The number of rotatable bonds is 6. The van der Waals surface area contributed by atoms with E-state index in [9.17, 15) is 9.59 Å². The second-order valence-corrected chi connectivity index (χ2v) is 4.56. The summed E-state index contributed by atoms with van der Waals surface area (Å²) >= 11 is 0. The quantitative estimate of drug-likeness (QED) is 0.655. The molecule has 120 valence electrons. The van der Waals surface area contributed by atoms with Gasteiger partial charge >= 0.3 is 12.1 Å². The van der Waals surface area contributed by atoms with Crippen LogP contribution in [0.1, 0.15) is 5.56 Å². The lowest BCUT2D eigenvalue weighted by Crippen LogP contribution is -2.32. The van der Waals surface area contributed by atoms with E-state index < -0.39 is 12.1 Å². The Bertz CT molecular complexity index is 640. The molecule has 2 aromatic rings. The molecule has 6 heteroatoms. The van der Waals surface area contributed by atoms with Crippen molar-refractivity contribution in [2.45, 2.75) is 6.61 Å². The summed E-state index contributed by atoms with van der Waals surface area (Å²) < 4.78 is 15.0. The second-order valence-electron chi connectivity index (χ2n) is 4.56. The third-order valence-electron chi connectivity index (χ3n) is 2.88. The smallest absolute Gasteiger partial charge is 0.407 e. The Labute approximate surface area is 134 Å². The summed E-state index contributed by atoms with van der Waals surface area (Å²) in [5.41, 5.74) is 0.864. The molecule has 0 heterocycles. The maximum Gasteiger partial charge on any atom is 0.407 e. The van der Waals surface area contributed by atoms with Crippen molar-refractivity contribution in [2.75, 3.05) is 13.7 Å². The third-order valence-corrected chi connectivity index (χ3v) is 2.88. The molecule has 6 nitrogen and oxygen atoms in total. The fourth-order valence-corrected chi connectivity index (χ4v) is 1.73. The van der Waals surface area contributed by atoms with Crippen molar-refractivity contribution >= 4 is 12.1 Å². The van der Waals surface area contributed by atoms with Gasteiger partial charge in [-0.2, -0.15) is 0 Å². The number of amides is 1. The molecule has 23 heavy (non-hydrogen) atoms. The van der Waals surface area contributed by atoms with Gasteiger partial charge in [-0.15, -0.1) is 0 Å². The molecule has 0 aliphatic rings. The van der Waals surface area contributed by atoms with Crippen LogP contribution in [-0.2, 0) is 16.1 Å². The molecular weight excluding hydrogens is 298 g/mol. The average molecular weight is 315 g/mol. The molecule has 2 aromatic carbocycles. The number of hydrogen-bond donors (Lipinski definition) is 1. The zero-order valence-corrected chi connectivity index (χ0v) is 12.7. The van der Waals surface area contributed by atoms with Crippen molar-refractivity contribution < 1.29 is 23.8 Å². The number of methoxy groups -OCH3 is 1. The summed E-state index contributed by atoms with van der Waals surface area (Å²) in [5, 5.41) is 2.34. The topological polar surface area (TPSA) is 73.9 Å². The van der Waals surface area contributed by atoms with Crippen LogP contribution in [0.2, 0.25) is 0 Å². The molecule has 0 fully saturated rings. The molecule has 0 aromatic heterocycles. The van der Waals surface area contributed by atoms with Crippen molar-refractivity contribution in [3.63, 3.8) is 0 Å². The molecule has 1 amide bonds. The van der Waals surface area contributed by atoms with Crippen LogP contribution in [0, 0.1) is 0 Å². The van der Waals surface area contributed by atoms with Crippen molar-refractivity contribution in [3.05, 3.63) is 60.2 Å². The van der Waals surface area contributed by atoms with Crippen molar-refractivity contribution in [2.24, 2.45) is 0 Å². The zero-order valence-electron chi connectivity index (χ0n) is 12.7. The summed E-state index contributed by atoms with van der Waals surface area (Å²) in [5.74, 6) is 0.439. The van der Waals surface area contributed by atoms with E-state index in [1.807, 2.05) is 30.3 Å². The summed E-state index contributed by atoms with van der Waals surface area (Å²) in [6.45, 7) is -0.139. The Kier molecular flexibility index (Phi) is 5.99. The van der Waals surface area contributed by atoms with E-state index in [1.165, 1.54) is 0 Å². The average Bonchev–Trinajstić information content (AvgIpc) is 2.60. The summed E-state index contributed by atoms with van der Waals surface area (Å²) in [6, 6.07) is 15.8. The van der Waals surface area contributed by atoms with Gasteiger partial charge in [0.1, 0.15) is 24.7 Å². The first kappa shape index (κ1) is 16.4. The highest BCUT2D eigenvalue weighted by atomic mass is 16.6. The number of carbonyl (C=O) groups excluding carboxylic acids is 2. The first-order valence-electron chi connectivity index (χ1n) is 6.96. The van der Waals surface area contributed by atoms with Crippen LogP contribution in [0.5, 0.6) is 11.5 Å². The minimum atomic E-state index is -0.680. The fourth-order valence-electron chi connectivity index (χ4n) is 1.73. The lowest BCUT2D eigenvalue weighted by atomic mass is 10.2. The van der Waals surface area contributed by atoms with Gasteiger partial charge in [-0.05, 0) is 29.8 Å². The van der Waals surface area contributed by atoms with Crippen LogP contribution in [0.4, 0.5) is 4.79 Å². The molecule has 0 aliphatic heterocycles. The van der Waals surface area contributed by atoms with Crippen LogP contribution >= 0.6 is 0 Å². The molecule has 0 aliphatic carbocycles. The van der Waals surface area contributed by atoms with E-state index in [0.29, 0.717) is 11.5 Å². The van der Waals surface area contributed by atoms with E-state index in [1.54, 1.807) is 31.4 Å². The maximum absolute atomic E-state index is 11.6. The van der Waals surface area contributed by atoms with Crippen LogP contribution in [0.25, 0.3) is 0 Å². The fraction of sp³-hybridized carbons (Fsp3) is 0.176. The molecule has 0 bridgehead atoms. The van der Waals surface area contributed by atoms with Gasteiger partial charge in [0, 0.05) is 0 Å². The molecule has 0 saturated heterocycles. The highest BCUT2D eigenvalue weighted by Gasteiger charge is 2.09. The van der Waals surface area contributed by atoms with E-state index in [2.05, 4.69) is 5.32 Å². The Morgan fingerprint density at radius 1 is 0.957 bits per heavy atom. The minimum absolute atomic E-state index is 0.139. The van der Waals surface area contributed by atoms with Gasteiger partial charge in [0.05, 0.1) is 7.11 Å². The van der Waals surface area contributed by atoms with E-state index in [0.717, 1.165) is 5.56 Å². The van der Waals surface area contributed by atoms with Crippen LogP contribution in [0.3, 0.4) is 0 Å². The Morgan fingerprint density at radius 3 is 2.26 bits per heavy atom. The molecule has 0 saturated carbocycles. The number of benzene rings is 2. The van der Waals surface area contributed by atoms with E-state index >= 15 is 0 Å². The molecule has 0 unspecified atom stereocenters. The number of hydrogen-bond acceptors (Lipinski definition) is 5. The standard InChI is InChI=1S/C17H17NO5/c1-21-14-7-9-15(10-8-14)23-16(19)11-18-17(20)22-12-13-5-3-2-4-6-13/h2-10H,11-12H2,1H3,(H,18,20). The molecule has 2 rings (SSSR count). The largest absolute Gasteiger partial charge is 0.497 e. The Balaban J connectivity index is 1.69. The predicted octanol–water partition coefficient (Wildman–Crippen LogP) is 2.53. The normalized spacial score (nSPS) is 9.78. The maximum atomic E-state index is 11.6. The van der Waals surface area contributed by atoms with E-state index in [-0.39, 0.29) is 13.2 Å². The summed E-state index contributed by atoms with van der Waals surface area (Å²) in [7, 11) is 1.55. The van der Waals surface area contributed by atoms with Gasteiger partial charge in [0.15, 0.2) is 0 Å². The van der Waals surface area contributed by atoms with Gasteiger partial charge in [-0.1, -0.05) is 30.3 Å². The van der Waals surface area contributed by atoms with Gasteiger partial charge < -0.3 is 19.5 Å². The third kappa shape index (κ3) is 5.70. The van der Waals surface area contributed by atoms with Crippen molar-refractivity contribution in [1.29, 1.82) is 0 Å². The highest BCUT2D eigenvalue weighted by molar-refractivity contribution is 5.79. The van der Waals surface area contributed by atoms with Gasteiger partial charge in [-0.3, -0.25) is 0 Å². The molecule has 0 atom stereocenters. The first-order chi connectivity index (χ1) is 11.2. The van der Waals surface area contributed by atoms with Gasteiger partial charge in [0.2, 0.25) is 0 Å². The van der Waals surface area contributed by atoms with Gasteiger partial charge in [0.25, 0.3) is 0 Å². The zero-order chi connectivity index (χ0) is 16.5. The van der Waals surface area contributed by atoms with Crippen molar-refractivity contribution in [1.82, 2.24) is 5.32 Å². The lowest BCUT2D eigenvalue weighted by Gasteiger charge is -2.08. The molecule has 0 spiro atoms. The summed E-state index contributed by atoms with van der Waals surface area (Å²) in [4.78, 5) is 23.1. The lowest BCUT2D eigenvalue weighted by molar-refractivity contribution is -0.133. The highest BCUT2D eigenvalue weighted by Crippen LogP contribution is 2.16. The number of nitrogens with one attached hydrogen (secondary N) is 1. The van der Waals surface area contributed by atoms with Crippen LogP contribution in [0.15, 0.2) is 54.6 Å². The minimum Gasteiger partial charge on any atom is -0.497 e. The van der Waals surface area contributed by atoms with Crippen molar-refractivity contribution in [3.8, 4) is 11.5 Å². The molecular formula is C17H17NO5. The molecule has 0 radical (unpaired) electrons. The molecule has 1 N–H and O–H groups in total. The Morgan fingerprint density at radius 2 is 1.61 bits per heavy atom.